The first kappa shape index (κ1) is 13.3. The van der Waals surface area contributed by atoms with E-state index in [1.807, 2.05) is 0 Å². The Balaban J connectivity index is 2.72. The van der Waals surface area contributed by atoms with Gasteiger partial charge in [-0.3, -0.25) is 0 Å². The molecule has 94 valence electrons. The molecule has 1 aromatic rings. The van der Waals surface area contributed by atoms with Crippen molar-refractivity contribution >= 4 is 5.97 Å². The maximum absolute atomic E-state index is 12.2. The van der Waals surface area contributed by atoms with Gasteiger partial charge in [0.15, 0.2) is 6.10 Å². The Hall–Kier alpha value is -1.72. The molecule has 0 spiro atoms. The van der Waals surface area contributed by atoms with Crippen LogP contribution in [0, 0.1) is 0 Å². The van der Waals surface area contributed by atoms with Crippen LogP contribution in [0.4, 0.5) is 13.2 Å². The molecule has 0 radical (unpaired) electrons. The first-order chi connectivity index (χ1) is 7.84. The summed E-state index contributed by atoms with van der Waals surface area (Å²) in [5.41, 5.74) is -0.768. The van der Waals surface area contributed by atoms with Gasteiger partial charge in [0.2, 0.25) is 0 Å². The lowest BCUT2D eigenvalue weighted by atomic mass is 10.2. The Morgan fingerprint density at radius 3 is 2.18 bits per heavy atom. The van der Waals surface area contributed by atoms with Crippen molar-refractivity contribution in [2.75, 3.05) is 7.11 Å². The summed E-state index contributed by atoms with van der Waals surface area (Å²) in [6, 6.07) is 4.09. The Morgan fingerprint density at radius 2 is 1.76 bits per heavy atom. The Morgan fingerprint density at radius 1 is 1.24 bits per heavy atom. The molecule has 17 heavy (non-hydrogen) atoms. The molecule has 1 aromatic carbocycles. The lowest BCUT2D eigenvalue weighted by Crippen LogP contribution is -2.24. The number of benzene rings is 1. The molecule has 6 heteroatoms. The van der Waals surface area contributed by atoms with Crippen molar-refractivity contribution in [1.29, 1.82) is 0 Å². The Bertz CT molecular complexity index is 384. The second-order valence-electron chi connectivity index (χ2n) is 3.31. The van der Waals surface area contributed by atoms with Gasteiger partial charge in [-0.1, -0.05) is 0 Å². The first-order valence-corrected chi connectivity index (χ1v) is 4.76. The fourth-order valence-electron chi connectivity index (χ4n) is 1.14. The Kier molecular flexibility index (Phi) is 3.98. The molecule has 1 atom stereocenters. The molecule has 0 aliphatic heterocycles. The highest BCUT2D eigenvalue weighted by molar-refractivity contribution is 5.74. The molecule has 0 saturated heterocycles. The summed E-state index contributed by atoms with van der Waals surface area (Å²) in [6.45, 7) is 1.45. The van der Waals surface area contributed by atoms with Gasteiger partial charge in [-0.05, 0) is 31.2 Å². The van der Waals surface area contributed by atoms with Crippen molar-refractivity contribution in [3.63, 3.8) is 0 Å². The van der Waals surface area contributed by atoms with E-state index in [9.17, 15) is 18.0 Å². The predicted octanol–water partition coefficient (Wildman–Crippen LogP) is 2.65. The molecule has 0 aliphatic carbocycles. The highest BCUT2D eigenvalue weighted by atomic mass is 19.4. The topological polar surface area (TPSA) is 35.5 Å². The third kappa shape index (κ3) is 3.65. The van der Waals surface area contributed by atoms with Crippen LogP contribution in [0.3, 0.4) is 0 Å². The molecule has 1 rings (SSSR count). The molecule has 0 N–H and O–H groups in total. The van der Waals surface area contributed by atoms with Gasteiger partial charge in [-0.2, -0.15) is 13.2 Å². The van der Waals surface area contributed by atoms with Crippen molar-refractivity contribution in [2.45, 2.75) is 19.2 Å². The lowest BCUT2D eigenvalue weighted by molar-refractivity contribution is -0.148. The SMILES string of the molecule is COC(=O)[C@H](C)Oc1ccc(C(F)(F)F)cc1. The quantitative estimate of drug-likeness (QED) is 0.771. The number of rotatable bonds is 3. The fourth-order valence-corrected chi connectivity index (χ4v) is 1.14. The van der Waals surface area contributed by atoms with E-state index in [2.05, 4.69) is 4.74 Å². The van der Waals surface area contributed by atoms with Gasteiger partial charge in [-0.15, -0.1) is 0 Å². The highest BCUT2D eigenvalue weighted by Gasteiger charge is 2.30. The monoisotopic (exact) mass is 248 g/mol. The molecular formula is C11H11F3O3. The molecule has 0 heterocycles. The van der Waals surface area contributed by atoms with Crippen molar-refractivity contribution in [2.24, 2.45) is 0 Å². The van der Waals surface area contributed by atoms with Gasteiger partial charge >= 0.3 is 12.1 Å². The van der Waals surface area contributed by atoms with E-state index in [1.54, 1.807) is 0 Å². The minimum atomic E-state index is -4.38. The van der Waals surface area contributed by atoms with Crippen LogP contribution in [0.25, 0.3) is 0 Å². The van der Waals surface area contributed by atoms with Crippen LogP contribution in [-0.4, -0.2) is 19.2 Å². The number of methoxy groups -OCH3 is 1. The van der Waals surface area contributed by atoms with Crippen LogP contribution in [0.2, 0.25) is 0 Å². The van der Waals surface area contributed by atoms with Crippen LogP contribution in [0.15, 0.2) is 24.3 Å². The van der Waals surface area contributed by atoms with E-state index in [0.29, 0.717) is 0 Å². The molecule has 0 saturated carbocycles. The zero-order chi connectivity index (χ0) is 13.1. The maximum atomic E-state index is 12.2. The maximum Gasteiger partial charge on any atom is 0.416 e. The molecule has 0 aromatic heterocycles. The molecule has 0 aliphatic rings. The van der Waals surface area contributed by atoms with Crippen LogP contribution in [0.1, 0.15) is 12.5 Å². The third-order valence-corrected chi connectivity index (χ3v) is 2.03. The van der Waals surface area contributed by atoms with E-state index in [-0.39, 0.29) is 5.75 Å². The number of halogens is 3. The van der Waals surface area contributed by atoms with Crippen LogP contribution >= 0.6 is 0 Å². The second kappa shape index (κ2) is 5.07. The van der Waals surface area contributed by atoms with Crippen LogP contribution in [0.5, 0.6) is 5.75 Å². The summed E-state index contributed by atoms with van der Waals surface area (Å²) in [6.07, 6.45) is -5.25. The normalized spacial score (nSPS) is 13.0. The molecule has 0 amide bonds. The Labute approximate surface area is 96.1 Å². The van der Waals surface area contributed by atoms with E-state index >= 15 is 0 Å². The van der Waals surface area contributed by atoms with E-state index in [0.717, 1.165) is 24.3 Å². The third-order valence-electron chi connectivity index (χ3n) is 2.03. The van der Waals surface area contributed by atoms with Crippen molar-refractivity contribution in [3.05, 3.63) is 29.8 Å². The lowest BCUT2D eigenvalue weighted by Gasteiger charge is -2.13. The second-order valence-corrected chi connectivity index (χ2v) is 3.31. The average molecular weight is 248 g/mol. The van der Waals surface area contributed by atoms with Crippen LogP contribution in [-0.2, 0) is 15.7 Å². The molecule has 0 fully saturated rings. The number of esters is 1. The summed E-state index contributed by atoms with van der Waals surface area (Å²) in [4.78, 5) is 11.0. The predicted molar refractivity (Wildman–Crippen MR) is 53.6 cm³/mol. The van der Waals surface area contributed by atoms with Crippen molar-refractivity contribution < 1.29 is 27.4 Å². The molecule has 0 bridgehead atoms. The van der Waals surface area contributed by atoms with Crippen molar-refractivity contribution in [3.8, 4) is 5.75 Å². The zero-order valence-corrected chi connectivity index (χ0v) is 9.25. The first-order valence-electron chi connectivity index (χ1n) is 4.76. The minimum Gasteiger partial charge on any atom is -0.479 e. The molecule has 0 unspecified atom stereocenters. The molecular weight excluding hydrogens is 237 g/mol. The number of carbonyl (C=O) groups excluding carboxylic acids is 1. The average Bonchev–Trinajstić information content (AvgIpc) is 2.27. The summed E-state index contributed by atoms with van der Waals surface area (Å²) in [5.74, 6) is -0.416. The van der Waals surface area contributed by atoms with Gasteiger partial charge < -0.3 is 9.47 Å². The minimum absolute atomic E-state index is 0.177. The largest absolute Gasteiger partial charge is 0.479 e. The van der Waals surface area contributed by atoms with Gasteiger partial charge in [0.25, 0.3) is 0 Å². The smallest absolute Gasteiger partial charge is 0.416 e. The number of hydrogen-bond acceptors (Lipinski definition) is 3. The summed E-state index contributed by atoms with van der Waals surface area (Å²) in [5, 5.41) is 0. The zero-order valence-electron chi connectivity index (χ0n) is 9.25. The van der Waals surface area contributed by atoms with Gasteiger partial charge in [0.05, 0.1) is 12.7 Å². The van der Waals surface area contributed by atoms with Gasteiger partial charge in [0, 0.05) is 0 Å². The number of carbonyl (C=O) groups is 1. The van der Waals surface area contributed by atoms with E-state index in [4.69, 9.17) is 4.74 Å². The summed E-state index contributed by atoms with van der Waals surface area (Å²) in [7, 11) is 1.20. The molecule has 3 nitrogen and oxygen atoms in total. The highest BCUT2D eigenvalue weighted by Crippen LogP contribution is 2.30. The summed E-state index contributed by atoms with van der Waals surface area (Å²) >= 11 is 0. The fraction of sp³-hybridized carbons (Fsp3) is 0.364. The van der Waals surface area contributed by atoms with Gasteiger partial charge in [0.1, 0.15) is 5.75 Å². The number of alkyl halides is 3. The van der Waals surface area contributed by atoms with Gasteiger partial charge in [-0.25, -0.2) is 4.79 Å². The van der Waals surface area contributed by atoms with Crippen LogP contribution < -0.4 is 4.74 Å². The van der Waals surface area contributed by atoms with E-state index in [1.165, 1.54) is 14.0 Å². The number of ether oxygens (including phenoxy) is 2. The number of hydrogen-bond donors (Lipinski definition) is 0. The van der Waals surface area contributed by atoms with E-state index < -0.39 is 23.8 Å². The standard InChI is InChI=1S/C11H11F3O3/c1-7(10(15)16-2)17-9-5-3-8(4-6-9)11(12,13)14/h3-7H,1-2H3/t7-/m0/s1. The summed E-state index contributed by atoms with van der Waals surface area (Å²) < 4.78 is 46.3. The van der Waals surface area contributed by atoms with Crippen molar-refractivity contribution in [1.82, 2.24) is 0 Å².